The predicted octanol–water partition coefficient (Wildman–Crippen LogP) is 1.62. The Morgan fingerprint density at radius 3 is 2.52 bits per heavy atom. The van der Waals surface area contributed by atoms with Crippen LogP contribution in [0.3, 0.4) is 0 Å². The number of aliphatic hydroxyl groups excluding tert-OH is 1. The lowest BCUT2D eigenvalue weighted by Crippen LogP contribution is -2.19. The molecule has 1 aromatic heterocycles. The van der Waals surface area contributed by atoms with E-state index in [1.54, 1.807) is 10.6 Å². The number of aromatic nitrogens is 1. The molecule has 0 amide bonds. The highest BCUT2D eigenvalue weighted by molar-refractivity contribution is 7.73. The van der Waals surface area contributed by atoms with E-state index in [-0.39, 0.29) is 12.5 Å². The van der Waals surface area contributed by atoms with Gasteiger partial charge in [0.25, 0.3) is 0 Å². The van der Waals surface area contributed by atoms with Gasteiger partial charge in [0.2, 0.25) is 5.88 Å². The summed E-state index contributed by atoms with van der Waals surface area (Å²) in [5, 5.41) is 20.7. The average Bonchev–Trinajstić information content (AvgIpc) is 2.99. The van der Waals surface area contributed by atoms with E-state index in [1.165, 1.54) is 11.3 Å². The van der Waals surface area contributed by atoms with E-state index >= 15 is 0 Å². The first-order chi connectivity index (χ1) is 10.2. The molecule has 0 unspecified atom stereocenters. The molecule has 0 fully saturated rings. The molecule has 108 valence electrons. The molecule has 0 saturated heterocycles. The van der Waals surface area contributed by atoms with Crippen LogP contribution in [-0.4, -0.2) is 21.4 Å². The molecule has 2 aromatic rings. The molecule has 0 spiro atoms. The fraction of sp³-hybridized carbons (Fsp3) is 0.214. The molecule has 7 heteroatoms. The van der Waals surface area contributed by atoms with E-state index in [1.807, 2.05) is 24.3 Å². The Bertz CT molecular complexity index is 843. The SMILES string of the molecule is OCCCn1c(O)c(C=C2N=c3ccccc3=N2)sc1=S. The molecule has 1 aromatic carbocycles. The Labute approximate surface area is 129 Å². The van der Waals surface area contributed by atoms with Gasteiger partial charge in [-0.1, -0.05) is 12.1 Å². The minimum atomic E-state index is 0.0630. The topological polar surface area (TPSA) is 70.1 Å². The molecule has 3 rings (SSSR count). The van der Waals surface area contributed by atoms with Crippen LogP contribution in [0.15, 0.2) is 40.1 Å². The quantitative estimate of drug-likeness (QED) is 0.841. The molecule has 0 bridgehead atoms. The van der Waals surface area contributed by atoms with Crippen LogP contribution in [0.5, 0.6) is 5.88 Å². The Balaban J connectivity index is 1.98. The number of aliphatic hydroxyl groups is 1. The van der Waals surface area contributed by atoms with Crippen molar-refractivity contribution in [2.45, 2.75) is 13.0 Å². The van der Waals surface area contributed by atoms with E-state index < -0.39 is 0 Å². The lowest BCUT2D eigenvalue weighted by atomic mass is 10.3. The third-order valence-corrected chi connectivity index (χ3v) is 4.43. The van der Waals surface area contributed by atoms with Gasteiger partial charge in [-0.3, -0.25) is 4.57 Å². The molecule has 2 heterocycles. The maximum Gasteiger partial charge on any atom is 0.210 e. The Kier molecular flexibility index (Phi) is 3.96. The summed E-state index contributed by atoms with van der Waals surface area (Å²) in [5.41, 5.74) is 0. The van der Waals surface area contributed by atoms with Crippen molar-refractivity contribution in [1.82, 2.24) is 4.57 Å². The fourth-order valence-electron chi connectivity index (χ4n) is 2.04. The number of hydrogen-bond acceptors (Lipinski definition) is 6. The minimum Gasteiger partial charge on any atom is -0.493 e. The smallest absolute Gasteiger partial charge is 0.210 e. The lowest BCUT2D eigenvalue weighted by molar-refractivity contribution is 0.275. The molecule has 0 saturated carbocycles. The van der Waals surface area contributed by atoms with E-state index in [0.717, 1.165) is 10.7 Å². The van der Waals surface area contributed by atoms with Crippen molar-refractivity contribution < 1.29 is 10.2 Å². The number of thiazole rings is 1. The van der Waals surface area contributed by atoms with Gasteiger partial charge in [-0.2, -0.15) is 0 Å². The average molecular weight is 319 g/mol. The largest absolute Gasteiger partial charge is 0.493 e. The van der Waals surface area contributed by atoms with Gasteiger partial charge >= 0.3 is 0 Å². The zero-order valence-electron chi connectivity index (χ0n) is 11.1. The Morgan fingerprint density at radius 2 is 1.90 bits per heavy atom. The van der Waals surface area contributed by atoms with Crippen molar-refractivity contribution in [2.75, 3.05) is 6.61 Å². The number of rotatable bonds is 4. The zero-order valence-corrected chi connectivity index (χ0v) is 12.7. The van der Waals surface area contributed by atoms with Gasteiger partial charge < -0.3 is 10.2 Å². The molecular weight excluding hydrogens is 306 g/mol. The normalized spacial score (nSPS) is 12.7. The minimum absolute atomic E-state index is 0.0630. The highest BCUT2D eigenvalue weighted by Gasteiger charge is 2.11. The first-order valence-corrected chi connectivity index (χ1v) is 7.69. The van der Waals surface area contributed by atoms with Crippen LogP contribution < -0.4 is 10.7 Å². The van der Waals surface area contributed by atoms with Gasteiger partial charge in [0.1, 0.15) is 0 Å². The van der Waals surface area contributed by atoms with Gasteiger partial charge in [-0.05, 0) is 30.8 Å². The standard InChI is InChI=1S/C14H13N3O2S2/c18-7-3-6-17-13(19)11(21-14(17)20)8-12-15-9-4-1-2-5-10(9)16-12/h1-2,4-5,8,18-19H,3,6-7H2. The molecule has 21 heavy (non-hydrogen) atoms. The van der Waals surface area contributed by atoms with E-state index in [4.69, 9.17) is 17.3 Å². The summed E-state index contributed by atoms with van der Waals surface area (Å²) in [6.45, 7) is 0.558. The van der Waals surface area contributed by atoms with Crippen molar-refractivity contribution in [3.05, 3.63) is 49.6 Å². The second-order valence-electron chi connectivity index (χ2n) is 4.50. The third kappa shape index (κ3) is 2.80. The highest BCUT2D eigenvalue weighted by Crippen LogP contribution is 2.29. The molecule has 5 nitrogen and oxygen atoms in total. The molecule has 0 aliphatic carbocycles. The van der Waals surface area contributed by atoms with Crippen LogP contribution in [-0.2, 0) is 6.54 Å². The van der Waals surface area contributed by atoms with Crippen LogP contribution in [0.25, 0.3) is 6.08 Å². The summed E-state index contributed by atoms with van der Waals surface area (Å²) >= 11 is 6.54. The molecule has 0 atom stereocenters. The van der Waals surface area contributed by atoms with Gasteiger partial charge in [0.15, 0.2) is 9.78 Å². The zero-order chi connectivity index (χ0) is 14.8. The molecule has 2 N–H and O–H groups in total. The number of hydrogen-bond donors (Lipinski definition) is 2. The maximum absolute atomic E-state index is 10.2. The fourth-order valence-corrected chi connectivity index (χ4v) is 3.33. The third-order valence-electron chi connectivity index (χ3n) is 3.05. The summed E-state index contributed by atoms with van der Waals surface area (Å²) in [5.74, 6) is 0.657. The van der Waals surface area contributed by atoms with E-state index in [2.05, 4.69) is 9.98 Å². The summed E-state index contributed by atoms with van der Waals surface area (Å²) in [6, 6.07) is 7.61. The Hall–Kier alpha value is -1.83. The lowest BCUT2D eigenvalue weighted by Gasteiger charge is -2.02. The summed E-state index contributed by atoms with van der Waals surface area (Å²) < 4.78 is 2.19. The summed E-state index contributed by atoms with van der Waals surface area (Å²) in [6.07, 6.45) is 2.28. The Morgan fingerprint density at radius 1 is 1.24 bits per heavy atom. The van der Waals surface area contributed by atoms with Crippen molar-refractivity contribution in [3.8, 4) is 5.88 Å². The monoisotopic (exact) mass is 319 g/mol. The van der Waals surface area contributed by atoms with Gasteiger partial charge in [0.05, 0.1) is 15.6 Å². The van der Waals surface area contributed by atoms with Gasteiger partial charge in [-0.25, -0.2) is 9.98 Å². The van der Waals surface area contributed by atoms with Crippen LogP contribution in [0.2, 0.25) is 0 Å². The molecular formula is C14H13N3O2S2. The van der Waals surface area contributed by atoms with E-state index in [0.29, 0.717) is 27.6 Å². The second-order valence-corrected chi connectivity index (χ2v) is 6.18. The van der Waals surface area contributed by atoms with Gasteiger partial charge in [0, 0.05) is 19.2 Å². The van der Waals surface area contributed by atoms with Gasteiger partial charge in [-0.15, -0.1) is 11.3 Å². The first kappa shape index (κ1) is 14.1. The van der Waals surface area contributed by atoms with Crippen LogP contribution in [0, 0.1) is 3.95 Å². The number of fused-ring (bicyclic) bond motifs is 1. The first-order valence-electron chi connectivity index (χ1n) is 6.46. The predicted molar refractivity (Wildman–Crippen MR) is 83.2 cm³/mol. The van der Waals surface area contributed by atoms with Crippen molar-refractivity contribution >= 4 is 29.6 Å². The molecule has 0 radical (unpaired) electrons. The van der Waals surface area contributed by atoms with Crippen molar-refractivity contribution in [2.24, 2.45) is 9.98 Å². The second kappa shape index (κ2) is 5.88. The number of benzene rings is 1. The van der Waals surface area contributed by atoms with Crippen LogP contribution >= 0.6 is 23.6 Å². The summed E-state index contributed by atoms with van der Waals surface area (Å²) in [4.78, 5) is 9.42. The van der Waals surface area contributed by atoms with E-state index in [9.17, 15) is 5.11 Å². The number of para-hydroxylation sites is 2. The van der Waals surface area contributed by atoms with Crippen LogP contribution in [0.1, 0.15) is 11.3 Å². The van der Waals surface area contributed by atoms with Crippen molar-refractivity contribution in [3.63, 3.8) is 0 Å². The molecule has 1 aliphatic rings. The maximum atomic E-state index is 10.2. The number of aromatic hydroxyl groups is 1. The number of nitrogens with zero attached hydrogens (tertiary/aromatic N) is 3. The van der Waals surface area contributed by atoms with Crippen molar-refractivity contribution in [1.29, 1.82) is 0 Å². The van der Waals surface area contributed by atoms with Crippen LogP contribution in [0.4, 0.5) is 0 Å². The summed E-state index contributed by atoms with van der Waals surface area (Å²) in [7, 11) is 0. The highest BCUT2D eigenvalue weighted by atomic mass is 32.1. The molecule has 1 aliphatic heterocycles.